The van der Waals surface area contributed by atoms with E-state index in [1.807, 2.05) is 67.6 Å². The van der Waals surface area contributed by atoms with E-state index in [-0.39, 0.29) is 17.9 Å². The first kappa shape index (κ1) is 16.8. The maximum Gasteiger partial charge on any atom is 0.250 e. The number of carbonyl (C=O) groups is 1. The lowest BCUT2D eigenvalue weighted by molar-refractivity contribution is -0.111. The summed E-state index contributed by atoms with van der Waals surface area (Å²) in [5.74, 6) is 0.596. The molecule has 0 radical (unpaired) electrons. The molecule has 1 aromatic heterocycles. The maximum absolute atomic E-state index is 12.2. The maximum atomic E-state index is 12.2. The van der Waals surface area contributed by atoms with Crippen molar-refractivity contribution < 1.29 is 4.79 Å². The largest absolute Gasteiger partial charge is 0.329 e. The molecule has 3 aromatic rings. The van der Waals surface area contributed by atoms with Crippen LogP contribution in [0, 0.1) is 0 Å². The van der Waals surface area contributed by atoms with Gasteiger partial charge in [-0.1, -0.05) is 60.7 Å². The van der Waals surface area contributed by atoms with Crippen LogP contribution in [0.15, 0.2) is 78.5 Å². The summed E-state index contributed by atoms with van der Waals surface area (Å²) < 4.78 is 1.78. The minimum absolute atomic E-state index is 0.0690. The molecule has 2 N–H and O–H groups in total. The second kappa shape index (κ2) is 7.29. The summed E-state index contributed by atoms with van der Waals surface area (Å²) >= 11 is 0. The Morgan fingerprint density at radius 1 is 1.11 bits per heavy atom. The van der Waals surface area contributed by atoms with Crippen LogP contribution >= 0.6 is 0 Å². The molecule has 134 valence electrons. The van der Waals surface area contributed by atoms with Gasteiger partial charge in [0.05, 0.1) is 0 Å². The van der Waals surface area contributed by atoms with E-state index in [4.69, 9.17) is 0 Å². The van der Waals surface area contributed by atoms with Gasteiger partial charge in [-0.3, -0.25) is 10.1 Å². The number of hydrogen-bond donors (Lipinski definition) is 2. The molecule has 2 aromatic carbocycles. The molecule has 0 aliphatic carbocycles. The van der Waals surface area contributed by atoms with E-state index in [1.165, 1.54) is 6.08 Å². The summed E-state index contributed by atoms with van der Waals surface area (Å²) in [6.07, 6.45) is 5.31. The highest BCUT2D eigenvalue weighted by molar-refractivity contribution is 6.00. The first-order valence-corrected chi connectivity index (χ1v) is 8.70. The number of benzene rings is 2. The highest BCUT2D eigenvalue weighted by Gasteiger charge is 2.23. The molecule has 1 aliphatic heterocycles. The topological polar surface area (TPSA) is 71.8 Å². The van der Waals surface area contributed by atoms with Crippen LogP contribution in [-0.2, 0) is 4.79 Å². The summed E-state index contributed by atoms with van der Waals surface area (Å²) in [6.45, 7) is 1.98. The molecule has 0 spiro atoms. The number of aromatic nitrogens is 3. The highest BCUT2D eigenvalue weighted by atomic mass is 16.1. The molecule has 0 saturated carbocycles. The van der Waals surface area contributed by atoms with Crippen molar-refractivity contribution in [1.82, 2.24) is 14.8 Å². The predicted molar refractivity (Wildman–Crippen MR) is 106 cm³/mol. The molecule has 4 rings (SSSR count). The van der Waals surface area contributed by atoms with E-state index in [0.29, 0.717) is 5.95 Å². The molecule has 1 atom stereocenters. The summed E-state index contributed by atoms with van der Waals surface area (Å²) in [4.78, 5) is 16.6. The second-order valence-corrected chi connectivity index (χ2v) is 6.27. The van der Waals surface area contributed by atoms with Gasteiger partial charge in [0, 0.05) is 11.8 Å². The molecule has 6 nitrogen and oxygen atoms in total. The van der Waals surface area contributed by atoms with E-state index in [1.54, 1.807) is 10.8 Å². The van der Waals surface area contributed by atoms with Gasteiger partial charge in [0.2, 0.25) is 5.95 Å². The van der Waals surface area contributed by atoms with Gasteiger partial charge in [0.25, 0.3) is 11.9 Å². The summed E-state index contributed by atoms with van der Waals surface area (Å²) in [6, 6.07) is 19.6. The summed E-state index contributed by atoms with van der Waals surface area (Å²) in [5.41, 5.74) is 3.05. The number of nitrogens with one attached hydrogen (secondary N) is 2. The third kappa shape index (κ3) is 3.79. The van der Waals surface area contributed by atoms with Crippen molar-refractivity contribution >= 4 is 23.9 Å². The Hall–Kier alpha value is -3.67. The number of allylic oxidation sites excluding steroid dienone is 2. The van der Waals surface area contributed by atoms with Crippen molar-refractivity contribution in [3.05, 3.63) is 89.6 Å². The average Bonchev–Trinajstić information content (AvgIpc) is 3.09. The molecule has 0 unspecified atom stereocenters. The lowest BCUT2D eigenvalue weighted by Gasteiger charge is -2.22. The first-order valence-electron chi connectivity index (χ1n) is 8.70. The zero-order valence-corrected chi connectivity index (χ0v) is 14.8. The van der Waals surface area contributed by atoms with Crippen LogP contribution in [-0.4, -0.2) is 20.7 Å². The van der Waals surface area contributed by atoms with Gasteiger partial charge in [-0.15, -0.1) is 5.10 Å². The number of nitrogens with zero attached hydrogens (tertiary/aromatic N) is 3. The Kier molecular flexibility index (Phi) is 4.53. The molecule has 2 heterocycles. The van der Waals surface area contributed by atoms with E-state index in [9.17, 15) is 4.79 Å². The second-order valence-electron chi connectivity index (χ2n) is 6.27. The Bertz CT molecular complexity index is 1010. The minimum Gasteiger partial charge on any atom is -0.329 e. The van der Waals surface area contributed by atoms with Crippen molar-refractivity contribution in [3.8, 4) is 0 Å². The van der Waals surface area contributed by atoms with Crippen LogP contribution in [0.25, 0.3) is 6.08 Å². The third-order valence-corrected chi connectivity index (χ3v) is 4.21. The van der Waals surface area contributed by atoms with Gasteiger partial charge < -0.3 is 5.32 Å². The van der Waals surface area contributed by atoms with Crippen LogP contribution in [0.1, 0.15) is 24.1 Å². The van der Waals surface area contributed by atoms with E-state index in [0.717, 1.165) is 16.8 Å². The van der Waals surface area contributed by atoms with Crippen LogP contribution in [0.3, 0.4) is 0 Å². The van der Waals surface area contributed by atoms with Gasteiger partial charge >= 0.3 is 0 Å². The lowest BCUT2D eigenvalue weighted by atomic mass is 10.1. The molecule has 0 fully saturated rings. The van der Waals surface area contributed by atoms with Crippen molar-refractivity contribution in [3.63, 3.8) is 0 Å². The Balaban J connectivity index is 1.54. The van der Waals surface area contributed by atoms with Crippen molar-refractivity contribution in [2.45, 2.75) is 13.0 Å². The predicted octanol–water partition coefficient (Wildman–Crippen LogP) is 3.85. The van der Waals surface area contributed by atoms with Crippen LogP contribution in [0.4, 0.5) is 11.9 Å². The average molecular weight is 357 g/mol. The van der Waals surface area contributed by atoms with Gasteiger partial charge in [0.1, 0.15) is 6.04 Å². The molecular formula is C21H19N5O. The van der Waals surface area contributed by atoms with E-state index >= 15 is 0 Å². The quantitative estimate of drug-likeness (QED) is 0.696. The fourth-order valence-corrected chi connectivity index (χ4v) is 2.96. The Morgan fingerprint density at radius 2 is 1.81 bits per heavy atom. The first-order chi connectivity index (χ1) is 13.2. The molecule has 27 heavy (non-hydrogen) atoms. The standard InChI is InChI=1S/C21H19N5O/c1-15-14-18(17-10-6-3-7-11-17)26-21(22-15)24-20(25-26)23-19(27)13-12-16-8-4-2-5-9-16/h2-14,18H,1H3,(H2,22,23,24,25,27)/b13-12+/t18-/m1/s1. The number of amides is 1. The van der Waals surface area contributed by atoms with E-state index in [2.05, 4.69) is 26.8 Å². The van der Waals surface area contributed by atoms with Crippen molar-refractivity contribution in [1.29, 1.82) is 0 Å². The number of anilines is 2. The van der Waals surface area contributed by atoms with Gasteiger partial charge in [-0.2, -0.15) is 4.98 Å². The van der Waals surface area contributed by atoms with Gasteiger partial charge in [-0.25, -0.2) is 4.68 Å². The zero-order valence-electron chi connectivity index (χ0n) is 14.8. The molecule has 1 amide bonds. The highest BCUT2D eigenvalue weighted by Crippen LogP contribution is 2.29. The summed E-state index contributed by atoms with van der Waals surface area (Å²) in [7, 11) is 0. The van der Waals surface area contributed by atoms with Crippen LogP contribution < -0.4 is 10.6 Å². The number of rotatable bonds is 4. The Labute approximate surface area is 157 Å². The van der Waals surface area contributed by atoms with E-state index < -0.39 is 0 Å². The van der Waals surface area contributed by atoms with Crippen LogP contribution in [0.2, 0.25) is 0 Å². The number of carbonyl (C=O) groups excluding carboxylic acids is 1. The Morgan fingerprint density at radius 3 is 2.56 bits per heavy atom. The lowest BCUT2D eigenvalue weighted by Crippen LogP contribution is -2.19. The third-order valence-electron chi connectivity index (χ3n) is 4.21. The van der Waals surface area contributed by atoms with Crippen molar-refractivity contribution in [2.24, 2.45) is 0 Å². The SMILES string of the molecule is CC1=C[C@H](c2ccccc2)n2nc(NC(=O)/C=C/c3ccccc3)nc2N1. The van der Waals surface area contributed by atoms with Crippen LogP contribution in [0.5, 0.6) is 0 Å². The van der Waals surface area contributed by atoms with Gasteiger partial charge in [-0.05, 0) is 30.2 Å². The number of hydrogen-bond acceptors (Lipinski definition) is 4. The fraction of sp³-hybridized carbons (Fsp3) is 0.0952. The minimum atomic E-state index is -0.275. The van der Waals surface area contributed by atoms with Crippen molar-refractivity contribution in [2.75, 3.05) is 10.6 Å². The molecule has 6 heteroatoms. The van der Waals surface area contributed by atoms with Gasteiger partial charge in [0.15, 0.2) is 0 Å². The normalized spacial score (nSPS) is 15.7. The molecule has 0 bridgehead atoms. The fourth-order valence-electron chi connectivity index (χ4n) is 2.96. The zero-order chi connectivity index (χ0) is 18.6. The monoisotopic (exact) mass is 357 g/mol. The number of fused-ring (bicyclic) bond motifs is 1. The molecular weight excluding hydrogens is 338 g/mol. The smallest absolute Gasteiger partial charge is 0.250 e. The molecule has 1 aliphatic rings. The molecule has 0 saturated heterocycles. The summed E-state index contributed by atoms with van der Waals surface area (Å²) in [5, 5.41) is 10.4.